The van der Waals surface area contributed by atoms with Gasteiger partial charge in [-0.15, -0.1) is 0 Å². The average molecular weight is 310 g/mol. The second-order valence-electron chi connectivity index (χ2n) is 5.23. The van der Waals surface area contributed by atoms with Crippen molar-refractivity contribution in [2.45, 2.75) is 25.4 Å². The minimum absolute atomic E-state index is 0.0279. The number of nitrogens with zero attached hydrogens (tertiary/aromatic N) is 1. The number of rotatable bonds is 7. The molecule has 0 unspecified atom stereocenters. The molecular weight excluding hydrogens is 288 g/mol. The number of ether oxygens (including phenoxy) is 3. The maximum absolute atomic E-state index is 11.0. The standard InChI is InChI=1S/C15H22N2O5/c1-3-22-14-10-12(4-5-13(14)17(18)19)16-11-15(20-2)6-8-21-9-7-15/h4-5,10,16H,3,6-9,11H2,1-2H3. The molecule has 122 valence electrons. The van der Waals surface area contributed by atoms with Crippen molar-refractivity contribution in [3.63, 3.8) is 0 Å². The van der Waals surface area contributed by atoms with Gasteiger partial charge in [-0.25, -0.2) is 0 Å². The number of methoxy groups -OCH3 is 1. The molecule has 1 aromatic carbocycles. The van der Waals surface area contributed by atoms with Crippen LogP contribution >= 0.6 is 0 Å². The van der Waals surface area contributed by atoms with E-state index >= 15 is 0 Å². The largest absolute Gasteiger partial charge is 0.487 e. The van der Waals surface area contributed by atoms with Crippen LogP contribution in [0.25, 0.3) is 0 Å². The number of hydrogen-bond donors (Lipinski definition) is 1. The summed E-state index contributed by atoms with van der Waals surface area (Å²) < 4.78 is 16.4. The van der Waals surface area contributed by atoms with Crippen molar-refractivity contribution in [3.8, 4) is 5.75 Å². The molecule has 1 aromatic rings. The Morgan fingerprint density at radius 2 is 2.14 bits per heavy atom. The van der Waals surface area contributed by atoms with Crippen LogP contribution in [0.15, 0.2) is 18.2 Å². The zero-order valence-corrected chi connectivity index (χ0v) is 13.0. The van der Waals surface area contributed by atoms with Crippen LogP contribution in [0.3, 0.4) is 0 Å². The summed E-state index contributed by atoms with van der Waals surface area (Å²) in [5, 5.41) is 14.3. The molecule has 0 bridgehead atoms. The summed E-state index contributed by atoms with van der Waals surface area (Å²) in [5.41, 5.74) is 0.489. The maximum Gasteiger partial charge on any atom is 0.311 e. The molecule has 1 aliphatic heterocycles. The summed E-state index contributed by atoms with van der Waals surface area (Å²) in [6, 6.07) is 4.80. The van der Waals surface area contributed by atoms with Gasteiger partial charge < -0.3 is 19.5 Å². The molecule has 1 aliphatic rings. The van der Waals surface area contributed by atoms with Crippen molar-refractivity contribution in [1.29, 1.82) is 0 Å². The van der Waals surface area contributed by atoms with Gasteiger partial charge in [0.1, 0.15) is 0 Å². The molecule has 0 aromatic heterocycles. The van der Waals surface area contributed by atoms with Crippen molar-refractivity contribution in [2.24, 2.45) is 0 Å². The molecule has 0 aliphatic carbocycles. The molecule has 0 spiro atoms. The summed E-state index contributed by atoms with van der Waals surface area (Å²) in [5.74, 6) is 0.274. The van der Waals surface area contributed by atoms with Gasteiger partial charge in [0.2, 0.25) is 0 Å². The van der Waals surface area contributed by atoms with E-state index in [1.54, 1.807) is 26.2 Å². The zero-order chi connectivity index (χ0) is 16.0. The van der Waals surface area contributed by atoms with Gasteiger partial charge in [0, 0.05) is 57.5 Å². The lowest BCUT2D eigenvalue weighted by Gasteiger charge is -2.36. The van der Waals surface area contributed by atoms with Crippen molar-refractivity contribution in [3.05, 3.63) is 28.3 Å². The van der Waals surface area contributed by atoms with Crippen LogP contribution in [-0.4, -0.2) is 44.0 Å². The van der Waals surface area contributed by atoms with Gasteiger partial charge in [0.25, 0.3) is 0 Å². The first kappa shape index (κ1) is 16.5. The Morgan fingerprint density at radius 1 is 1.41 bits per heavy atom. The van der Waals surface area contributed by atoms with E-state index in [1.807, 2.05) is 0 Å². The molecule has 7 nitrogen and oxygen atoms in total. The lowest BCUT2D eigenvalue weighted by molar-refractivity contribution is -0.385. The van der Waals surface area contributed by atoms with E-state index < -0.39 is 4.92 Å². The lowest BCUT2D eigenvalue weighted by Crippen LogP contribution is -2.44. The van der Waals surface area contributed by atoms with Crippen LogP contribution in [0.4, 0.5) is 11.4 Å². The molecule has 1 N–H and O–H groups in total. The lowest BCUT2D eigenvalue weighted by atomic mass is 9.94. The van der Waals surface area contributed by atoms with E-state index in [9.17, 15) is 10.1 Å². The first-order valence-corrected chi connectivity index (χ1v) is 7.38. The molecule has 1 saturated heterocycles. The fourth-order valence-electron chi connectivity index (χ4n) is 2.51. The Bertz CT molecular complexity index is 515. The highest BCUT2D eigenvalue weighted by Gasteiger charge is 2.32. The van der Waals surface area contributed by atoms with Crippen LogP contribution in [0.5, 0.6) is 5.75 Å². The molecule has 1 heterocycles. The second kappa shape index (κ2) is 7.42. The second-order valence-corrected chi connectivity index (χ2v) is 5.23. The van der Waals surface area contributed by atoms with Gasteiger partial charge in [-0.05, 0) is 13.0 Å². The molecule has 0 amide bonds. The van der Waals surface area contributed by atoms with Gasteiger partial charge >= 0.3 is 5.69 Å². The number of benzene rings is 1. The Balaban J connectivity index is 2.09. The minimum atomic E-state index is -0.441. The third-order valence-corrected chi connectivity index (χ3v) is 3.91. The van der Waals surface area contributed by atoms with Crippen LogP contribution in [0.1, 0.15) is 19.8 Å². The van der Waals surface area contributed by atoms with Gasteiger partial charge in [0.15, 0.2) is 5.75 Å². The Kier molecular flexibility index (Phi) is 5.57. The molecule has 2 rings (SSSR count). The van der Waals surface area contributed by atoms with Crippen LogP contribution < -0.4 is 10.1 Å². The molecule has 1 fully saturated rings. The molecule has 0 saturated carbocycles. The summed E-state index contributed by atoms with van der Waals surface area (Å²) in [7, 11) is 1.70. The van der Waals surface area contributed by atoms with E-state index in [-0.39, 0.29) is 17.0 Å². The Morgan fingerprint density at radius 3 is 2.73 bits per heavy atom. The van der Waals surface area contributed by atoms with E-state index in [0.29, 0.717) is 26.4 Å². The number of nitro groups is 1. The smallest absolute Gasteiger partial charge is 0.311 e. The van der Waals surface area contributed by atoms with Crippen molar-refractivity contribution in [1.82, 2.24) is 0 Å². The van der Waals surface area contributed by atoms with Crippen LogP contribution in [0, 0.1) is 10.1 Å². The van der Waals surface area contributed by atoms with E-state index in [4.69, 9.17) is 14.2 Å². The Labute approximate surface area is 129 Å². The monoisotopic (exact) mass is 310 g/mol. The molecule has 7 heteroatoms. The van der Waals surface area contributed by atoms with Gasteiger partial charge in [-0.2, -0.15) is 0 Å². The first-order valence-electron chi connectivity index (χ1n) is 7.38. The van der Waals surface area contributed by atoms with Gasteiger partial charge in [-0.3, -0.25) is 10.1 Å². The fraction of sp³-hybridized carbons (Fsp3) is 0.600. The number of nitro benzene ring substituents is 1. The van der Waals surface area contributed by atoms with Crippen LogP contribution in [0.2, 0.25) is 0 Å². The number of anilines is 1. The maximum atomic E-state index is 11.0. The fourth-order valence-corrected chi connectivity index (χ4v) is 2.51. The molecule has 0 radical (unpaired) electrons. The quantitative estimate of drug-likeness (QED) is 0.615. The number of hydrogen-bond acceptors (Lipinski definition) is 6. The first-order chi connectivity index (χ1) is 10.6. The van der Waals surface area contributed by atoms with E-state index in [2.05, 4.69) is 5.32 Å². The topological polar surface area (TPSA) is 82.9 Å². The van der Waals surface area contributed by atoms with Crippen molar-refractivity contribution in [2.75, 3.05) is 38.8 Å². The zero-order valence-electron chi connectivity index (χ0n) is 13.0. The summed E-state index contributed by atoms with van der Waals surface area (Å²) >= 11 is 0. The van der Waals surface area contributed by atoms with E-state index in [0.717, 1.165) is 18.5 Å². The predicted molar refractivity (Wildman–Crippen MR) is 82.5 cm³/mol. The predicted octanol–water partition coefficient (Wildman–Crippen LogP) is 2.60. The van der Waals surface area contributed by atoms with Gasteiger partial charge in [0.05, 0.1) is 17.1 Å². The summed E-state index contributed by atoms with van der Waals surface area (Å²) in [4.78, 5) is 10.5. The third-order valence-electron chi connectivity index (χ3n) is 3.91. The molecular formula is C15H22N2O5. The summed E-state index contributed by atoms with van der Waals surface area (Å²) in [6.45, 7) is 4.16. The SMILES string of the molecule is CCOc1cc(NCC2(OC)CCOCC2)ccc1[N+](=O)[O-]. The minimum Gasteiger partial charge on any atom is -0.487 e. The normalized spacial score (nSPS) is 17.0. The highest BCUT2D eigenvalue weighted by atomic mass is 16.6. The van der Waals surface area contributed by atoms with Crippen molar-refractivity contribution < 1.29 is 19.1 Å². The van der Waals surface area contributed by atoms with Gasteiger partial charge in [-0.1, -0.05) is 0 Å². The third kappa shape index (κ3) is 3.86. The molecule has 0 atom stereocenters. The van der Waals surface area contributed by atoms with Crippen molar-refractivity contribution >= 4 is 11.4 Å². The van der Waals surface area contributed by atoms with Crippen LogP contribution in [-0.2, 0) is 9.47 Å². The molecule has 22 heavy (non-hydrogen) atoms. The summed E-state index contributed by atoms with van der Waals surface area (Å²) in [6.07, 6.45) is 1.64. The Hall–Kier alpha value is -1.86. The van der Waals surface area contributed by atoms with E-state index in [1.165, 1.54) is 6.07 Å². The highest BCUT2D eigenvalue weighted by Crippen LogP contribution is 2.31. The number of nitrogens with one attached hydrogen (secondary N) is 1. The highest BCUT2D eigenvalue weighted by molar-refractivity contribution is 5.58. The average Bonchev–Trinajstić information content (AvgIpc) is 2.54.